The average molecular weight is 335 g/mol. The van der Waals surface area contributed by atoms with Gasteiger partial charge in [0.1, 0.15) is 5.75 Å². The van der Waals surface area contributed by atoms with Gasteiger partial charge in [0.2, 0.25) is 0 Å². The van der Waals surface area contributed by atoms with E-state index in [0.29, 0.717) is 22.7 Å². The summed E-state index contributed by atoms with van der Waals surface area (Å²) in [5, 5.41) is 2.80. The smallest absolute Gasteiger partial charge is 0.256 e. The minimum absolute atomic E-state index is 0.205. The number of benzene rings is 2. The predicted octanol–water partition coefficient (Wildman–Crippen LogP) is 3.60. The molecule has 1 amide bonds. The number of ether oxygens (including phenoxy) is 1. The van der Waals surface area contributed by atoms with Crippen LogP contribution in [0.4, 0.5) is 11.4 Å². The lowest BCUT2D eigenvalue weighted by Gasteiger charge is -2.11. The lowest BCUT2D eigenvalue weighted by molar-refractivity contribution is 0.102. The second-order valence-electron chi connectivity index (χ2n) is 4.37. The molecule has 2 rings (SSSR count). The van der Waals surface area contributed by atoms with E-state index in [0.717, 1.165) is 10.0 Å². The maximum atomic E-state index is 12.3. The first-order valence-electron chi connectivity index (χ1n) is 6.02. The van der Waals surface area contributed by atoms with Gasteiger partial charge in [0, 0.05) is 16.1 Å². The van der Waals surface area contributed by atoms with E-state index in [1.807, 2.05) is 19.1 Å². The maximum Gasteiger partial charge on any atom is 0.256 e. The Bertz CT molecular complexity index is 656. The Balaban J connectivity index is 2.30. The van der Waals surface area contributed by atoms with Crippen LogP contribution in [0.3, 0.4) is 0 Å². The average Bonchev–Trinajstić information content (AvgIpc) is 2.43. The third kappa shape index (κ3) is 3.11. The fourth-order valence-electron chi connectivity index (χ4n) is 1.80. The maximum absolute atomic E-state index is 12.3. The van der Waals surface area contributed by atoms with Crippen LogP contribution >= 0.6 is 15.9 Å². The SMILES string of the molecule is COc1ccc(N)c(NC(=O)c2cc(Br)ccc2C)c1. The van der Waals surface area contributed by atoms with Crippen molar-refractivity contribution in [2.24, 2.45) is 0 Å². The van der Waals surface area contributed by atoms with Crippen LogP contribution in [0.2, 0.25) is 0 Å². The van der Waals surface area contributed by atoms with Crippen LogP contribution in [0, 0.1) is 6.92 Å². The van der Waals surface area contributed by atoms with Crippen molar-refractivity contribution in [3.05, 3.63) is 52.0 Å². The van der Waals surface area contributed by atoms with Gasteiger partial charge < -0.3 is 15.8 Å². The van der Waals surface area contributed by atoms with Crippen LogP contribution in [0.25, 0.3) is 0 Å². The Morgan fingerprint density at radius 3 is 2.70 bits per heavy atom. The van der Waals surface area contributed by atoms with Gasteiger partial charge in [-0.3, -0.25) is 4.79 Å². The summed E-state index contributed by atoms with van der Waals surface area (Å²) >= 11 is 3.36. The summed E-state index contributed by atoms with van der Waals surface area (Å²) in [6.45, 7) is 1.89. The van der Waals surface area contributed by atoms with Crippen LogP contribution in [-0.2, 0) is 0 Å². The molecule has 0 atom stereocenters. The number of nitrogens with two attached hydrogens (primary N) is 1. The molecule has 0 aliphatic rings. The number of hydrogen-bond acceptors (Lipinski definition) is 3. The fourth-order valence-corrected chi connectivity index (χ4v) is 2.16. The minimum atomic E-state index is -0.205. The molecule has 0 radical (unpaired) electrons. The Morgan fingerprint density at radius 2 is 2.00 bits per heavy atom. The number of methoxy groups -OCH3 is 1. The summed E-state index contributed by atoms with van der Waals surface area (Å²) in [5.41, 5.74) is 8.38. The van der Waals surface area contributed by atoms with Crippen LogP contribution in [0.5, 0.6) is 5.75 Å². The highest BCUT2D eigenvalue weighted by Crippen LogP contribution is 2.25. The van der Waals surface area contributed by atoms with Crippen molar-refractivity contribution in [2.75, 3.05) is 18.2 Å². The Hall–Kier alpha value is -2.01. The van der Waals surface area contributed by atoms with Crippen LogP contribution in [0.15, 0.2) is 40.9 Å². The van der Waals surface area contributed by atoms with Crippen LogP contribution < -0.4 is 15.8 Å². The second-order valence-corrected chi connectivity index (χ2v) is 5.28. The molecule has 2 aromatic rings. The molecule has 0 saturated heterocycles. The van der Waals surface area contributed by atoms with Gasteiger partial charge in [-0.15, -0.1) is 0 Å². The van der Waals surface area contributed by atoms with E-state index in [4.69, 9.17) is 10.5 Å². The number of amides is 1. The molecule has 0 aromatic heterocycles. The first-order valence-corrected chi connectivity index (χ1v) is 6.81. The molecule has 0 spiro atoms. The molecule has 0 saturated carbocycles. The highest BCUT2D eigenvalue weighted by atomic mass is 79.9. The Morgan fingerprint density at radius 1 is 1.25 bits per heavy atom. The van der Waals surface area contributed by atoms with Crippen LogP contribution in [-0.4, -0.2) is 13.0 Å². The summed E-state index contributed by atoms with van der Waals surface area (Å²) in [4.78, 5) is 12.3. The first-order chi connectivity index (χ1) is 9.51. The van der Waals surface area contributed by atoms with Crippen molar-refractivity contribution in [2.45, 2.75) is 6.92 Å². The summed E-state index contributed by atoms with van der Waals surface area (Å²) < 4.78 is 5.98. The van der Waals surface area contributed by atoms with Gasteiger partial charge in [0.05, 0.1) is 18.5 Å². The quantitative estimate of drug-likeness (QED) is 0.843. The molecule has 0 unspecified atom stereocenters. The normalized spacial score (nSPS) is 10.2. The number of rotatable bonds is 3. The van der Waals surface area contributed by atoms with E-state index < -0.39 is 0 Å². The van der Waals surface area contributed by atoms with Gasteiger partial charge in [-0.1, -0.05) is 22.0 Å². The zero-order chi connectivity index (χ0) is 14.7. The Kier molecular flexibility index (Phi) is 4.29. The van der Waals surface area contributed by atoms with E-state index >= 15 is 0 Å². The highest BCUT2D eigenvalue weighted by molar-refractivity contribution is 9.10. The summed E-state index contributed by atoms with van der Waals surface area (Å²) in [6, 6.07) is 10.7. The number of nitrogens with one attached hydrogen (secondary N) is 1. The standard InChI is InChI=1S/C15H15BrN2O2/c1-9-3-4-10(16)7-12(9)15(19)18-14-8-11(20-2)5-6-13(14)17/h3-8H,17H2,1-2H3,(H,18,19). The molecule has 0 bridgehead atoms. The molecule has 5 heteroatoms. The van der Waals surface area contributed by atoms with E-state index in [2.05, 4.69) is 21.2 Å². The van der Waals surface area contributed by atoms with Crippen molar-refractivity contribution in [3.8, 4) is 5.75 Å². The third-order valence-corrected chi connectivity index (χ3v) is 3.45. The number of carbonyl (C=O) groups is 1. The second kappa shape index (κ2) is 5.96. The summed E-state index contributed by atoms with van der Waals surface area (Å²) in [7, 11) is 1.57. The summed E-state index contributed by atoms with van der Waals surface area (Å²) in [6.07, 6.45) is 0. The van der Waals surface area contributed by atoms with E-state index in [9.17, 15) is 4.79 Å². The lowest BCUT2D eigenvalue weighted by atomic mass is 10.1. The zero-order valence-electron chi connectivity index (χ0n) is 11.2. The monoisotopic (exact) mass is 334 g/mol. The first kappa shape index (κ1) is 14.4. The molecule has 0 aliphatic heterocycles. The van der Waals surface area contributed by atoms with Crippen molar-refractivity contribution in [1.29, 1.82) is 0 Å². The molecule has 4 nitrogen and oxygen atoms in total. The number of aryl methyl sites for hydroxylation is 1. The Labute approximate surface area is 126 Å². The largest absolute Gasteiger partial charge is 0.497 e. The summed E-state index contributed by atoms with van der Waals surface area (Å²) in [5.74, 6) is 0.434. The van der Waals surface area contributed by atoms with E-state index in [-0.39, 0.29) is 5.91 Å². The zero-order valence-corrected chi connectivity index (χ0v) is 12.8. The van der Waals surface area contributed by atoms with Crippen molar-refractivity contribution in [1.82, 2.24) is 0 Å². The van der Waals surface area contributed by atoms with Crippen LogP contribution in [0.1, 0.15) is 15.9 Å². The van der Waals surface area contributed by atoms with Gasteiger partial charge in [-0.2, -0.15) is 0 Å². The molecule has 0 aliphatic carbocycles. The lowest BCUT2D eigenvalue weighted by Crippen LogP contribution is -2.14. The highest BCUT2D eigenvalue weighted by Gasteiger charge is 2.12. The number of carbonyl (C=O) groups excluding carboxylic acids is 1. The third-order valence-electron chi connectivity index (χ3n) is 2.95. The predicted molar refractivity (Wildman–Crippen MR) is 84.2 cm³/mol. The van der Waals surface area contributed by atoms with Gasteiger partial charge in [0.25, 0.3) is 5.91 Å². The van der Waals surface area contributed by atoms with Crippen molar-refractivity contribution >= 4 is 33.2 Å². The van der Waals surface area contributed by atoms with Gasteiger partial charge in [0.15, 0.2) is 0 Å². The molecular formula is C15H15BrN2O2. The van der Waals surface area contributed by atoms with E-state index in [1.165, 1.54) is 0 Å². The van der Waals surface area contributed by atoms with Gasteiger partial charge in [-0.05, 0) is 36.8 Å². The molecular weight excluding hydrogens is 320 g/mol. The minimum Gasteiger partial charge on any atom is -0.497 e. The molecule has 2 aromatic carbocycles. The number of hydrogen-bond donors (Lipinski definition) is 2. The number of halogens is 1. The van der Waals surface area contributed by atoms with E-state index in [1.54, 1.807) is 31.4 Å². The molecule has 0 fully saturated rings. The van der Waals surface area contributed by atoms with Crippen molar-refractivity contribution in [3.63, 3.8) is 0 Å². The number of anilines is 2. The van der Waals surface area contributed by atoms with Gasteiger partial charge >= 0.3 is 0 Å². The topological polar surface area (TPSA) is 64.3 Å². The molecule has 20 heavy (non-hydrogen) atoms. The fraction of sp³-hybridized carbons (Fsp3) is 0.133. The van der Waals surface area contributed by atoms with Crippen molar-refractivity contribution < 1.29 is 9.53 Å². The molecule has 0 heterocycles. The number of nitrogen functional groups attached to an aromatic ring is 1. The van der Waals surface area contributed by atoms with Gasteiger partial charge in [-0.25, -0.2) is 0 Å². The molecule has 104 valence electrons. The molecule has 3 N–H and O–H groups in total.